The van der Waals surface area contributed by atoms with Gasteiger partial charge in [-0.15, -0.1) is 0 Å². The summed E-state index contributed by atoms with van der Waals surface area (Å²) in [5.41, 5.74) is 3.08. The van der Waals surface area contributed by atoms with Crippen LogP contribution in [0.15, 0.2) is 42.5 Å². The molecule has 1 aromatic heterocycles. The summed E-state index contributed by atoms with van der Waals surface area (Å²) in [6.45, 7) is 1.14. The molecule has 0 aliphatic rings. The van der Waals surface area contributed by atoms with E-state index in [-0.39, 0.29) is 6.03 Å². The van der Waals surface area contributed by atoms with E-state index in [1.54, 1.807) is 14.2 Å². The number of hydrogen-bond acceptors (Lipinski definition) is 4. The minimum Gasteiger partial charge on any atom is -0.493 e. The molecule has 3 N–H and O–H groups in total. The topological polar surface area (TPSA) is 88.3 Å². The normalized spacial score (nSPS) is 10.6. The third-order valence-electron chi connectivity index (χ3n) is 4.46. The highest BCUT2D eigenvalue weighted by atomic mass is 16.5. The summed E-state index contributed by atoms with van der Waals surface area (Å²) in [5.74, 6) is 2.33. The van der Waals surface area contributed by atoms with Gasteiger partial charge in [0.1, 0.15) is 5.82 Å². The standard InChI is InChI=1S/C21H26N4O3/c1-27-18-10-9-15(14-19(18)28-2)11-13-23-21(26)22-12-5-8-20-24-16-6-3-4-7-17(16)25-20/h3-4,6-7,9-10,14H,5,8,11-13H2,1-2H3,(H,24,25)(H2,22,23,26). The molecule has 3 aromatic rings. The molecule has 0 bridgehead atoms. The first-order valence-corrected chi connectivity index (χ1v) is 9.36. The molecule has 0 spiro atoms. The summed E-state index contributed by atoms with van der Waals surface area (Å²) in [4.78, 5) is 19.7. The molecule has 28 heavy (non-hydrogen) atoms. The molecule has 2 aromatic carbocycles. The van der Waals surface area contributed by atoms with Gasteiger partial charge < -0.3 is 25.1 Å². The maximum absolute atomic E-state index is 11.9. The van der Waals surface area contributed by atoms with Gasteiger partial charge in [0.25, 0.3) is 0 Å². The van der Waals surface area contributed by atoms with E-state index >= 15 is 0 Å². The van der Waals surface area contributed by atoms with Crippen LogP contribution in [-0.2, 0) is 12.8 Å². The molecule has 148 valence electrons. The molecule has 0 radical (unpaired) electrons. The molecule has 2 amide bonds. The fraction of sp³-hybridized carbons (Fsp3) is 0.333. The number of nitrogens with zero attached hydrogens (tertiary/aromatic N) is 1. The van der Waals surface area contributed by atoms with Gasteiger partial charge in [0.15, 0.2) is 11.5 Å². The maximum Gasteiger partial charge on any atom is 0.314 e. The van der Waals surface area contributed by atoms with E-state index in [0.717, 1.165) is 35.3 Å². The van der Waals surface area contributed by atoms with Crippen molar-refractivity contribution in [3.8, 4) is 11.5 Å². The van der Waals surface area contributed by atoms with E-state index in [4.69, 9.17) is 9.47 Å². The Morgan fingerprint density at radius 1 is 1.00 bits per heavy atom. The number of fused-ring (bicyclic) bond motifs is 1. The van der Waals surface area contributed by atoms with Crippen molar-refractivity contribution in [1.29, 1.82) is 0 Å². The largest absolute Gasteiger partial charge is 0.493 e. The number of urea groups is 1. The summed E-state index contributed by atoms with van der Waals surface area (Å²) in [5, 5.41) is 5.75. The number of aryl methyl sites for hydroxylation is 1. The number of rotatable bonds is 9. The van der Waals surface area contributed by atoms with Crippen molar-refractivity contribution in [2.45, 2.75) is 19.3 Å². The van der Waals surface area contributed by atoms with Crippen molar-refractivity contribution in [2.24, 2.45) is 0 Å². The highest BCUT2D eigenvalue weighted by molar-refractivity contribution is 5.75. The van der Waals surface area contributed by atoms with Gasteiger partial charge in [-0.2, -0.15) is 0 Å². The molecule has 0 fully saturated rings. The number of benzene rings is 2. The van der Waals surface area contributed by atoms with Gasteiger partial charge in [0.05, 0.1) is 25.3 Å². The van der Waals surface area contributed by atoms with Crippen LogP contribution in [0.25, 0.3) is 11.0 Å². The zero-order chi connectivity index (χ0) is 19.8. The Balaban J connectivity index is 1.34. The van der Waals surface area contributed by atoms with Crippen LogP contribution in [0, 0.1) is 0 Å². The second-order valence-electron chi connectivity index (χ2n) is 6.43. The maximum atomic E-state index is 11.9. The van der Waals surface area contributed by atoms with E-state index in [9.17, 15) is 4.79 Å². The Bertz CT molecular complexity index is 890. The van der Waals surface area contributed by atoms with Crippen molar-refractivity contribution >= 4 is 17.1 Å². The third-order valence-corrected chi connectivity index (χ3v) is 4.46. The molecular weight excluding hydrogens is 356 g/mol. The second kappa shape index (κ2) is 9.64. The molecule has 0 aliphatic carbocycles. The highest BCUT2D eigenvalue weighted by Crippen LogP contribution is 2.27. The summed E-state index contributed by atoms with van der Waals surface area (Å²) >= 11 is 0. The lowest BCUT2D eigenvalue weighted by Crippen LogP contribution is -2.37. The quantitative estimate of drug-likeness (QED) is 0.496. The predicted molar refractivity (Wildman–Crippen MR) is 109 cm³/mol. The van der Waals surface area contributed by atoms with Gasteiger partial charge in [0.2, 0.25) is 0 Å². The summed E-state index contributed by atoms with van der Waals surface area (Å²) in [6.07, 6.45) is 2.33. The van der Waals surface area contributed by atoms with Crippen LogP contribution in [0.2, 0.25) is 0 Å². The van der Waals surface area contributed by atoms with E-state index in [0.29, 0.717) is 31.0 Å². The summed E-state index contributed by atoms with van der Waals surface area (Å²) in [6, 6.07) is 13.5. The molecule has 7 nitrogen and oxygen atoms in total. The molecule has 1 heterocycles. The van der Waals surface area contributed by atoms with Crippen LogP contribution < -0.4 is 20.1 Å². The van der Waals surface area contributed by atoms with E-state index in [2.05, 4.69) is 20.6 Å². The third kappa shape index (κ3) is 5.16. The molecular formula is C21H26N4O3. The fourth-order valence-electron chi connectivity index (χ4n) is 3.00. The molecule has 3 rings (SSSR count). The first-order valence-electron chi connectivity index (χ1n) is 9.36. The number of carbonyl (C=O) groups is 1. The van der Waals surface area contributed by atoms with Crippen molar-refractivity contribution in [1.82, 2.24) is 20.6 Å². The van der Waals surface area contributed by atoms with Gasteiger partial charge in [-0.3, -0.25) is 0 Å². The average molecular weight is 382 g/mol. The number of methoxy groups -OCH3 is 2. The van der Waals surface area contributed by atoms with Gasteiger partial charge in [-0.05, 0) is 42.7 Å². The van der Waals surface area contributed by atoms with Crippen LogP contribution >= 0.6 is 0 Å². The molecule has 0 saturated heterocycles. The first kappa shape index (κ1) is 19.5. The van der Waals surface area contributed by atoms with Crippen LogP contribution in [0.3, 0.4) is 0 Å². The number of ether oxygens (including phenoxy) is 2. The Labute approximate surface area is 164 Å². The SMILES string of the molecule is COc1ccc(CCNC(=O)NCCCc2nc3ccccc3[nH]2)cc1OC. The molecule has 0 saturated carbocycles. The van der Waals surface area contributed by atoms with E-state index in [1.807, 2.05) is 42.5 Å². The van der Waals surface area contributed by atoms with Crippen molar-refractivity contribution in [3.05, 3.63) is 53.9 Å². The number of aromatic nitrogens is 2. The number of carbonyl (C=O) groups excluding carboxylic acids is 1. The predicted octanol–water partition coefficient (Wildman–Crippen LogP) is 3.05. The number of aromatic amines is 1. The number of para-hydroxylation sites is 2. The lowest BCUT2D eigenvalue weighted by Gasteiger charge is -2.10. The van der Waals surface area contributed by atoms with E-state index < -0.39 is 0 Å². The highest BCUT2D eigenvalue weighted by Gasteiger charge is 2.06. The van der Waals surface area contributed by atoms with Crippen molar-refractivity contribution in [3.63, 3.8) is 0 Å². The second-order valence-corrected chi connectivity index (χ2v) is 6.43. The lowest BCUT2D eigenvalue weighted by molar-refractivity contribution is 0.241. The van der Waals surface area contributed by atoms with Gasteiger partial charge >= 0.3 is 6.03 Å². The van der Waals surface area contributed by atoms with Gasteiger partial charge in [0, 0.05) is 19.5 Å². The minimum absolute atomic E-state index is 0.162. The fourth-order valence-corrected chi connectivity index (χ4v) is 3.00. The van der Waals surface area contributed by atoms with Crippen molar-refractivity contribution in [2.75, 3.05) is 27.3 Å². The Morgan fingerprint density at radius 2 is 1.79 bits per heavy atom. The molecule has 0 aliphatic heterocycles. The van der Waals surface area contributed by atoms with E-state index in [1.165, 1.54) is 0 Å². The number of nitrogens with one attached hydrogen (secondary N) is 3. The number of hydrogen-bond donors (Lipinski definition) is 3. The zero-order valence-corrected chi connectivity index (χ0v) is 16.2. The summed E-state index contributed by atoms with van der Waals surface area (Å²) < 4.78 is 10.5. The number of imidazole rings is 1. The van der Waals surface area contributed by atoms with Crippen LogP contribution in [0.5, 0.6) is 11.5 Å². The zero-order valence-electron chi connectivity index (χ0n) is 16.2. The lowest BCUT2D eigenvalue weighted by atomic mass is 10.1. The van der Waals surface area contributed by atoms with Gasteiger partial charge in [-0.25, -0.2) is 9.78 Å². The number of amides is 2. The van der Waals surface area contributed by atoms with Crippen LogP contribution in [-0.4, -0.2) is 43.3 Å². The Hall–Kier alpha value is -3.22. The molecule has 0 atom stereocenters. The van der Waals surface area contributed by atoms with Crippen molar-refractivity contribution < 1.29 is 14.3 Å². The smallest absolute Gasteiger partial charge is 0.314 e. The molecule has 0 unspecified atom stereocenters. The Kier molecular flexibility index (Phi) is 6.73. The van der Waals surface area contributed by atoms with Crippen LogP contribution in [0.4, 0.5) is 4.79 Å². The molecule has 7 heteroatoms. The first-order chi connectivity index (χ1) is 13.7. The summed E-state index contributed by atoms with van der Waals surface area (Å²) in [7, 11) is 3.22. The van der Waals surface area contributed by atoms with Crippen LogP contribution in [0.1, 0.15) is 17.8 Å². The Morgan fingerprint density at radius 3 is 2.57 bits per heavy atom. The number of H-pyrrole nitrogens is 1. The average Bonchev–Trinajstić information content (AvgIpc) is 3.14. The van der Waals surface area contributed by atoms with Gasteiger partial charge in [-0.1, -0.05) is 18.2 Å². The monoisotopic (exact) mass is 382 g/mol. The minimum atomic E-state index is -0.162.